The molecule has 0 aliphatic heterocycles. The van der Waals surface area contributed by atoms with Gasteiger partial charge in [-0.1, -0.05) is 19.1 Å². The van der Waals surface area contributed by atoms with Crippen LogP contribution < -0.4 is 10.9 Å². The number of nitrogens with zero attached hydrogens (tertiary/aromatic N) is 1. The lowest BCUT2D eigenvalue weighted by atomic mass is 10.0. The van der Waals surface area contributed by atoms with E-state index in [1.807, 2.05) is 13.0 Å². The van der Waals surface area contributed by atoms with Crippen LogP contribution in [0.25, 0.3) is 22.2 Å². The van der Waals surface area contributed by atoms with Crippen molar-refractivity contribution in [2.45, 2.75) is 13.5 Å². The summed E-state index contributed by atoms with van der Waals surface area (Å²) in [6.07, 6.45) is 1.57. The number of hydrogen-bond acceptors (Lipinski definition) is 3. The predicted molar refractivity (Wildman–Crippen MR) is 85.1 cm³/mol. The first-order chi connectivity index (χ1) is 10.7. The number of aromatic nitrogens is 2. The Labute approximate surface area is 127 Å². The minimum Gasteiger partial charge on any atom is -0.313 e. The Bertz CT molecular complexity index is 873. The molecule has 2 heterocycles. The summed E-state index contributed by atoms with van der Waals surface area (Å²) in [5.41, 5.74) is 2.35. The Balaban J connectivity index is 2.09. The third-order valence-corrected chi connectivity index (χ3v) is 3.54. The molecule has 0 aliphatic carbocycles. The number of benzene rings is 1. The second-order valence-corrected chi connectivity index (χ2v) is 5.04. The molecule has 5 heteroatoms. The van der Waals surface area contributed by atoms with E-state index in [4.69, 9.17) is 0 Å². The molecule has 3 rings (SSSR count). The number of pyridine rings is 2. The standard InChI is InChI=1S/C17H16FN3O/c1-2-19-10-11-3-4-13(15(18)9-11)12-7-8-20-17-14(12)5-6-16(22)21-17/h3-9,19H,2,10H2,1H3,(H,20,21,22). The van der Waals surface area contributed by atoms with Crippen molar-refractivity contribution in [1.82, 2.24) is 15.3 Å². The van der Waals surface area contributed by atoms with E-state index in [0.717, 1.165) is 17.5 Å². The zero-order valence-electron chi connectivity index (χ0n) is 12.2. The number of hydrogen-bond donors (Lipinski definition) is 2. The Kier molecular flexibility index (Phi) is 3.98. The van der Waals surface area contributed by atoms with E-state index < -0.39 is 0 Å². The number of nitrogens with one attached hydrogen (secondary N) is 2. The Morgan fingerprint density at radius 1 is 1.18 bits per heavy atom. The fourth-order valence-electron chi connectivity index (χ4n) is 2.45. The Morgan fingerprint density at radius 3 is 2.82 bits per heavy atom. The average molecular weight is 297 g/mol. The van der Waals surface area contributed by atoms with Gasteiger partial charge in [0, 0.05) is 29.8 Å². The lowest BCUT2D eigenvalue weighted by Gasteiger charge is -2.09. The summed E-state index contributed by atoms with van der Waals surface area (Å²) in [5, 5.41) is 3.89. The molecule has 3 aromatic rings. The lowest BCUT2D eigenvalue weighted by Crippen LogP contribution is -2.11. The maximum absolute atomic E-state index is 14.5. The molecular formula is C17H16FN3O. The van der Waals surface area contributed by atoms with Gasteiger partial charge in [-0.15, -0.1) is 0 Å². The highest BCUT2D eigenvalue weighted by Gasteiger charge is 2.10. The third-order valence-electron chi connectivity index (χ3n) is 3.54. The zero-order chi connectivity index (χ0) is 15.5. The molecule has 0 radical (unpaired) electrons. The summed E-state index contributed by atoms with van der Waals surface area (Å²) >= 11 is 0. The van der Waals surface area contributed by atoms with Crippen molar-refractivity contribution >= 4 is 11.0 Å². The largest absolute Gasteiger partial charge is 0.313 e. The fourth-order valence-corrected chi connectivity index (χ4v) is 2.45. The first-order valence-electron chi connectivity index (χ1n) is 7.16. The van der Waals surface area contributed by atoms with Crippen LogP contribution in [-0.2, 0) is 6.54 Å². The van der Waals surface area contributed by atoms with Gasteiger partial charge in [0.1, 0.15) is 11.5 Å². The van der Waals surface area contributed by atoms with Crippen molar-refractivity contribution in [1.29, 1.82) is 0 Å². The molecular weight excluding hydrogens is 281 g/mol. The Hall–Kier alpha value is -2.53. The van der Waals surface area contributed by atoms with Gasteiger partial charge in [-0.25, -0.2) is 9.37 Å². The molecule has 0 aliphatic rings. The SMILES string of the molecule is CCNCc1ccc(-c2ccnc3[nH]c(=O)ccc23)c(F)c1. The second-order valence-electron chi connectivity index (χ2n) is 5.04. The van der Waals surface area contributed by atoms with Crippen molar-refractivity contribution in [2.24, 2.45) is 0 Å². The van der Waals surface area contributed by atoms with E-state index in [9.17, 15) is 9.18 Å². The normalized spacial score (nSPS) is 11.0. The molecule has 0 fully saturated rings. The van der Waals surface area contributed by atoms with Gasteiger partial charge < -0.3 is 10.3 Å². The van der Waals surface area contributed by atoms with Gasteiger partial charge in [-0.05, 0) is 35.9 Å². The third kappa shape index (κ3) is 2.76. The number of H-pyrrole nitrogens is 1. The van der Waals surface area contributed by atoms with E-state index in [1.54, 1.807) is 24.4 Å². The van der Waals surface area contributed by atoms with Gasteiger partial charge in [0.2, 0.25) is 5.56 Å². The van der Waals surface area contributed by atoms with Crippen molar-refractivity contribution in [3.05, 3.63) is 64.3 Å². The molecule has 0 bridgehead atoms. The summed E-state index contributed by atoms with van der Waals surface area (Å²) in [6, 6.07) is 10.0. The first-order valence-corrected chi connectivity index (χ1v) is 7.16. The molecule has 22 heavy (non-hydrogen) atoms. The molecule has 1 aromatic carbocycles. The minimum absolute atomic E-state index is 0.224. The van der Waals surface area contributed by atoms with E-state index in [1.165, 1.54) is 12.1 Å². The average Bonchev–Trinajstić information content (AvgIpc) is 2.52. The van der Waals surface area contributed by atoms with Gasteiger partial charge in [-0.2, -0.15) is 0 Å². The van der Waals surface area contributed by atoms with Gasteiger partial charge in [0.25, 0.3) is 0 Å². The number of halogens is 1. The highest BCUT2D eigenvalue weighted by Crippen LogP contribution is 2.28. The van der Waals surface area contributed by atoms with E-state index in [0.29, 0.717) is 23.3 Å². The summed E-state index contributed by atoms with van der Waals surface area (Å²) in [5.74, 6) is -0.283. The molecule has 4 nitrogen and oxygen atoms in total. The summed E-state index contributed by atoms with van der Waals surface area (Å²) in [6.45, 7) is 3.48. The van der Waals surface area contributed by atoms with Crippen LogP contribution in [0.2, 0.25) is 0 Å². The van der Waals surface area contributed by atoms with Crippen LogP contribution in [0.1, 0.15) is 12.5 Å². The van der Waals surface area contributed by atoms with Crippen molar-refractivity contribution < 1.29 is 4.39 Å². The number of fused-ring (bicyclic) bond motifs is 1. The van der Waals surface area contributed by atoms with Crippen LogP contribution >= 0.6 is 0 Å². The van der Waals surface area contributed by atoms with Crippen LogP contribution in [0.3, 0.4) is 0 Å². The highest BCUT2D eigenvalue weighted by molar-refractivity contribution is 5.92. The first kappa shape index (κ1) is 14.4. The number of aromatic amines is 1. The second kappa shape index (κ2) is 6.07. The van der Waals surface area contributed by atoms with Gasteiger partial charge in [0.05, 0.1) is 0 Å². The van der Waals surface area contributed by atoms with Crippen molar-refractivity contribution in [3.63, 3.8) is 0 Å². The van der Waals surface area contributed by atoms with Crippen LogP contribution in [0, 0.1) is 5.82 Å². The van der Waals surface area contributed by atoms with E-state index >= 15 is 0 Å². The summed E-state index contributed by atoms with van der Waals surface area (Å²) in [7, 11) is 0. The predicted octanol–water partition coefficient (Wildman–Crippen LogP) is 2.84. The number of rotatable bonds is 4. The van der Waals surface area contributed by atoms with Crippen LogP contribution in [0.5, 0.6) is 0 Å². The van der Waals surface area contributed by atoms with Gasteiger partial charge in [0.15, 0.2) is 0 Å². The molecule has 0 amide bonds. The van der Waals surface area contributed by atoms with Crippen LogP contribution in [0.15, 0.2) is 47.4 Å². The molecule has 2 aromatic heterocycles. The molecule has 0 unspecified atom stereocenters. The monoisotopic (exact) mass is 297 g/mol. The molecule has 0 saturated carbocycles. The molecule has 0 spiro atoms. The van der Waals surface area contributed by atoms with Crippen LogP contribution in [-0.4, -0.2) is 16.5 Å². The van der Waals surface area contributed by atoms with E-state index in [2.05, 4.69) is 15.3 Å². The fraction of sp³-hybridized carbons (Fsp3) is 0.176. The summed E-state index contributed by atoms with van der Waals surface area (Å²) in [4.78, 5) is 18.2. The molecule has 2 N–H and O–H groups in total. The molecule has 0 saturated heterocycles. The maximum Gasteiger partial charge on any atom is 0.249 e. The zero-order valence-corrected chi connectivity index (χ0v) is 12.2. The summed E-state index contributed by atoms with van der Waals surface area (Å²) < 4.78 is 14.5. The lowest BCUT2D eigenvalue weighted by molar-refractivity contribution is 0.625. The van der Waals surface area contributed by atoms with Gasteiger partial charge >= 0.3 is 0 Å². The van der Waals surface area contributed by atoms with Crippen molar-refractivity contribution in [2.75, 3.05) is 6.54 Å². The quantitative estimate of drug-likeness (QED) is 0.778. The maximum atomic E-state index is 14.5. The Morgan fingerprint density at radius 2 is 2.05 bits per heavy atom. The van der Waals surface area contributed by atoms with Crippen LogP contribution in [0.4, 0.5) is 4.39 Å². The molecule has 112 valence electrons. The minimum atomic E-state index is -0.283. The molecule has 0 atom stereocenters. The highest BCUT2D eigenvalue weighted by atomic mass is 19.1. The van der Waals surface area contributed by atoms with Gasteiger partial charge in [-0.3, -0.25) is 4.79 Å². The topological polar surface area (TPSA) is 57.8 Å². The van der Waals surface area contributed by atoms with E-state index in [-0.39, 0.29) is 11.4 Å². The van der Waals surface area contributed by atoms with Crippen molar-refractivity contribution in [3.8, 4) is 11.1 Å². The smallest absolute Gasteiger partial charge is 0.249 e.